The van der Waals surface area contributed by atoms with Crippen LogP contribution in [0, 0.1) is 0 Å². The molecule has 0 saturated carbocycles. The highest BCUT2D eigenvalue weighted by Crippen LogP contribution is 2.23. The largest absolute Gasteiger partial charge is 0.443 e. The van der Waals surface area contributed by atoms with Gasteiger partial charge in [-0.1, -0.05) is 36.4 Å². The van der Waals surface area contributed by atoms with Gasteiger partial charge in [-0.05, 0) is 30.4 Å². The molecule has 0 saturated heterocycles. The molecule has 0 aliphatic heterocycles. The van der Waals surface area contributed by atoms with E-state index in [2.05, 4.69) is 20.6 Å². The lowest BCUT2D eigenvalue weighted by molar-refractivity contribution is 0.168. The van der Waals surface area contributed by atoms with E-state index in [1.807, 2.05) is 54.8 Å². The maximum Gasteiger partial charge on any atom is 0.236 e. The molecule has 0 bridgehead atoms. The van der Waals surface area contributed by atoms with E-state index in [-0.39, 0.29) is 24.0 Å². The monoisotopic (exact) mass is 512 g/mol. The summed E-state index contributed by atoms with van der Waals surface area (Å²) in [4.78, 5) is 10.0. The number of nitrogens with one attached hydrogen (secondary N) is 2. The maximum atomic E-state index is 10.2. The van der Waals surface area contributed by atoms with Gasteiger partial charge in [0.15, 0.2) is 5.96 Å². The van der Waals surface area contributed by atoms with Crippen LogP contribution in [0.2, 0.25) is 0 Å². The highest BCUT2D eigenvalue weighted by atomic mass is 127. The zero-order valence-electron chi connectivity index (χ0n) is 15.7. The first kappa shape index (κ1) is 22.4. The Morgan fingerprint density at radius 2 is 2.04 bits per heavy atom. The van der Waals surface area contributed by atoms with Gasteiger partial charge in [-0.15, -0.1) is 35.3 Å². The number of aliphatic imine (C=N–C) groups is 1. The fourth-order valence-electron chi connectivity index (χ4n) is 2.56. The third-order valence-corrected chi connectivity index (χ3v) is 4.78. The van der Waals surface area contributed by atoms with Crippen molar-refractivity contribution in [3.63, 3.8) is 0 Å². The Labute approximate surface area is 186 Å². The van der Waals surface area contributed by atoms with Crippen LogP contribution in [0.25, 0.3) is 10.8 Å². The van der Waals surface area contributed by atoms with Gasteiger partial charge >= 0.3 is 0 Å². The first-order valence-electron chi connectivity index (χ1n) is 8.99. The van der Waals surface area contributed by atoms with Crippen LogP contribution in [0.4, 0.5) is 0 Å². The van der Waals surface area contributed by atoms with Crippen LogP contribution in [0.1, 0.15) is 30.7 Å². The number of rotatable bonds is 8. The van der Waals surface area contributed by atoms with Gasteiger partial charge in [0.2, 0.25) is 5.89 Å². The van der Waals surface area contributed by atoms with Gasteiger partial charge in [0.1, 0.15) is 12.0 Å². The Morgan fingerprint density at radius 1 is 1.21 bits per heavy atom. The second-order valence-corrected chi connectivity index (χ2v) is 6.91. The molecule has 6 nitrogen and oxygen atoms in total. The summed E-state index contributed by atoms with van der Waals surface area (Å²) < 4.78 is 5.52. The minimum absolute atomic E-state index is 0. The van der Waals surface area contributed by atoms with Crippen molar-refractivity contribution >= 4 is 41.3 Å². The highest BCUT2D eigenvalue weighted by Gasteiger charge is 2.09. The first-order chi connectivity index (χ1) is 13.3. The molecule has 0 aliphatic carbocycles. The predicted molar refractivity (Wildman–Crippen MR) is 124 cm³/mol. The third kappa shape index (κ3) is 6.61. The fraction of sp³-hybridized carbons (Fsp3) is 0.300. The highest BCUT2D eigenvalue weighted by molar-refractivity contribution is 14.0. The number of hydrogen-bond acceptors (Lipinski definition) is 5. The molecule has 8 heteroatoms. The van der Waals surface area contributed by atoms with E-state index in [1.165, 1.54) is 0 Å². The van der Waals surface area contributed by atoms with Crippen LogP contribution >= 0.6 is 35.3 Å². The molecule has 3 N–H and O–H groups in total. The summed E-state index contributed by atoms with van der Waals surface area (Å²) in [6.07, 6.45) is 1.74. The van der Waals surface area contributed by atoms with E-state index in [4.69, 9.17) is 4.42 Å². The van der Waals surface area contributed by atoms with Crippen molar-refractivity contribution in [2.75, 3.05) is 13.1 Å². The average molecular weight is 512 g/mol. The molecule has 0 aliphatic rings. The van der Waals surface area contributed by atoms with Gasteiger partial charge in [0, 0.05) is 13.1 Å². The Morgan fingerprint density at radius 3 is 2.75 bits per heavy atom. The van der Waals surface area contributed by atoms with Crippen molar-refractivity contribution in [3.05, 3.63) is 65.4 Å². The van der Waals surface area contributed by atoms with E-state index in [0.29, 0.717) is 31.4 Å². The van der Waals surface area contributed by atoms with E-state index < -0.39 is 6.10 Å². The first-order valence-corrected chi connectivity index (χ1v) is 9.87. The Kier molecular flexibility index (Phi) is 9.45. The molecule has 1 aromatic carbocycles. The molecule has 150 valence electrons. The molecule has 0 fully saturated rings. The van der Waals surface area contributed by atoms with Crippen LogP contribution in [-0.4, -0.2) is 29.1 Å². The molecular formula is C20H25IN4O2S. The molecule has 0 amide bonds. The second kappa shape index (κ2) is 11.8. The number of benzene rings is 1. The minimum atomic E-state index is -0.495. The average Bonchev–Trinajstić information content (AvgIpc) is 3.38. The molecule has 3 rings (SSSR count). The smallest absolute Gasteiger partial charge is 0.236 e. The lowest BCUT2D eigenvalue weighted by Gasteiger charge is -2.14. The van der Waals surface area contributed by atoms with Gasteiger partial charge in [-0.25, -0.2) is 9.98 Å². The van der Waals surface area contributed by atoms with E-state index >= 15 is 0 Å². The zero-order valence-corrected chi connectivity index (χ0v) is 18.8. The normalized spacial score (nSPS) is 12.3. The van der Waals surface area contributed by atoms with E-state index in [1.54, 1.807) is 17.6 Å². The second-order valence-electron chi connectivity index (χ2n) is 5.96. The molecule has 1 atom stereocenters. The van der Waals surface area contributed by atoms with Gasteiger partial charge in [-0.2, -0.15) is 0 Å². The SMILES string of the molecule is CCNC(=NCc1coc(-c2cccs2)n1)NCCC(O)c1ccccc1.I. The Hall–Kier alpha value is -1.91. The van der Waals surface area contributed by atoms with E-state index in [9.17, 15) is 5.11 Å². The number of halogens is 1. The van der Waals surface area contributed by atoms with Crippen LogP contribution in [0.15, 0.2) is 63.5 Å². The number of nitrogens with zero attached hydrogens (tertiary/aromatic N) is 2. The topological polar surface area (TPSA) is 82.7 Å². The minimum Gasteiger partial charge on any atom is -0.443 e. The van der Waals surface area contributed by atoms with Crippen LogP contribution in [-0.2, 0) is 6.54 Å². The summed E-state index contributed by atoms with van der Waals surface area (Å²) in [7, 11) is 0. The van der Waals surface area contributed by atoms with Crippen molar-refractivity contribution in [2.24, 2.45) is 4.99 Å². The lowest BCUT2D eigenvalue weighted by atomic mass is 10.1. The standard InChI is InChI=1S/C20H24N4O2S.HI/c1-2-21-20(22-11-10-17(25)15-7-4-3-5-8-15)23-13-16-14-26-19(24-16)18-9-6-12-27-18;/h3-9,12,14,17,25H,2,10-11,13H2,1H3,(H2,21,22,23);1H. The van der Waals surface area contributed by atoms with Crippen molar-refractivity contribution in [1.82, 2.24) is 15.6 Å². The molecule has 2 aromatic heterocycles. The van der Waals surface area contributed by atoms with Crippen molar-refractivity contribution in [2.45, 2.75) is 26.0 Å². The summed E-state index contributed by atoms with van der Waals surface area (Å²) in [5.41, 5.74) is 1.70. The number of aliphatic hydroxyl groups excluding tert-OH is 1. The zero-order chi connectivity index (χ0) is 18.9. The number of oxazole rings is 1. The fourth-order valence-corrected chi connectivity index (χ4v) is 3.22. The van der Waals surface area contributed by atoms with Crippen LogP contribution in [0.3, 0.4) is 0 Å². The van der Waals surface area contributed by atoms with Crippen molar-refractivity contribution in [1.29, 1.82) is 0 Å². The predicted octanol–water partition coefficient (Wildman–Crippen LogP) is 4.20. The number of aliphatic hydroxyl groups is 1. The van der Waals surface area contributed by atoms with Gasteiger partial charge in [-0.3, -0.25) is 0 Å². The third-order valence-electron chi connectivity index (χ3n) is 3.92. The Balaban J connectivity index is 0.00000280. The summed E-state index contributed by atoms with van der Waals surface area (Å²) in [6, 6.07) is 13.6. The number of aromatic nitrogens is 1. The quantitative estimate of drug-likeness (QED) is 0.240. The molecular weight excluding hydrogens is 487 g/mol. The number of thiophene rings is 1. The summed E-state index contributed by atoms with van der Waals surface area (Å²) in [6.45, 7) is 3.81. The van der Waals surface area contributed by atoms with Crippen molar-refractivity contribution < 1.29 is 9.52 Å². The molecule has 0 spiro atoms. The van der Waals surface area contributed by atoms with Gasteiger partial charge in [0.25, 0.3) is 0 Å². The molecule has 0 radical (unpaired) electrons. The van der Waals surface area contributed by atoms with Crippen LogP contribution in [0.5, 0.6) is 0 Å². The molecule has 28 heavy (non-hydrogen) atoms. The molecule has 1 unspecified atom stereocenters. The number of hydrogen-bond donors (Lipinski definition) is 3. The summed E-state index contributed by atoms with van der Waals surface area (Å²) in [5.74, 6) is 1.32. The van der Waals surface area contributed by atoms with Crippen molar-refractivity contribution in [3.8, 4) is 10.8 Å². The molecule has 3 aromatic rings. The van der Waals surface area contributed by atoms with Gasteiger partial charge in [0.05, 0.1) is 17.5 Å². The summed E-state index contributed by atoms with van der Waals surface area (Å²) >= 11 is 1.59. The summed E-state index contributed by atoms with van der Waals surface area (Å²) in [5, 5.41) is 18.7. The van der Waals surface area contributed by atoms with Gasteiger partial charge < -0.3 is 20.2 Å². The van der Waals surface area contributed by atoms with Crippen LogP contribution < -0.4 is 10.6 Å². The molecule has 2 heterocycles. The number of guanidine groups is 1. The maximum absolute atomic E-state index is 10.2. The Bertz CT molecular complexity index is 837. The van der Waals surface area contributed by atoms with E-state index in [0.717, 1.165) is 22.7 Å². The lowest BCUT2D eigenvalue weighted by Crippen LogP contribution is -2.38.